The Bertz CT molecular complexity index is 268. The van der Waals surface area contributed by atoms with Crippen molar-refractivity contribution in [1.82, 2.24) is 4.90 Å². The zero-order chi connectivity index (χ0) is 11.3. The second kappa shape index (κ2) is 5.82. The Morgan fingerprint density at radius 2 is 1.87 bits per heavy atom. The molecule has 0 N–H and O–H groups in total. The molecule has 5 heteroatoms. The van der Waals surface area contributed by atoms with Crippen LogP contribution in [0.5, 0.6) is 0 Å². The molecule has 1 heterocycles. The van der Waals surface area contributed by atoms with Crippen LogP contribution in [0.1, 0.15) is 19.3 Å². The Morgan fingerprint density at radius 1 is 1.27 bits per heavy atom. The zero-order valence-corrected chi connectivity index (χ0v) is 10.1. The quantitative estimate of drug-likeness (QED) is 0.698. The summed E-state index contributed by atoms with van der Waals surface area (Å²) in [6, 6.07) is 0. The second-order valence-electron chi connectivity index (χ2n) is 4.41. The summed E-state index contributed by atoms with van der Waals surface area (Å²) in [6.45, 7) is 2.55. The van der Waals surface area contributed by atoms with E-state index in [9.17, 15) is 13.5 Å². The van der Waals surface area contributed by atoms with Crippen LogP contribution < -0.4 is 0 Å². The van der Waals surface area contributed by atoms with E-state index in [-0.39, 0.29) is 12.4 Å². The van der Waals surface area contributed by atoms with Crippen molar-refractivity contribution < 1.29 is 13.5 Å². The molecule has 1 saturated heterocycles. The van der Waals surface area contributed by atoms with E-state index in [2.05, 4.69) is 4.90 Å². The standard InChI is InChI=1S/C10H20NO3S/c1-15(13,14)9-7-11-5-2-10(3-6-11)4-8-12/h10H,2-9H2,1H3. The number of hydrogen-bond donors (Lipinski definition) is 0. The Hall–Kier alpha value is -0.130. The molecule has 0 spiro atoms. The lowest BCUT2D eigenvalue weighted by molar-refractivity contribution is 0.133. The van der Waals surface area contributed by atoms with Crippen molar-refractivity contribution in [2.75, 3.05) is 38.2 Å². The molecule has 0 aliphatic carbocycles. The predicted molar refractivity (Wildman–Crippen MR) is 59.0 cm³/mol. The Kier molecular flexibility index (Phi) is 5.02. The topological polar surface area (TPSA) is 57.3 Å². The fourth-order valence-corrected chi connectivity index (χ4v) is 2.55. The van der Waals surface area contributed by atoms with Crippen LogP contribution in [0.3, 0.4) is 0 Å². The van der Waals surface area contributed by atoms with Crippen LogP contribution in [0, 0.1) is 5.92 Å². The lowest BCUT2D eigenvalue weighted by atomic mass is 9.94. The van der Waals surface area contributed by atoms with E-state index in [0.29, 0.717) is 12.5 Å². The highest BCUT2D eigenvalue weighted by molar-refractivity contribution is 7.90. The highest BCUT2D eigenvalue weighted by atomic mass is 32.2. The number of sulfone groups is 1. The van der Waals surface area contributed by atoms with E-state index in [4.69, 9.17) is 0 Å². The van der Waals surface area contributed by atoms with Crippen molar-refractivity contribution >= 4 is 9.84 Å². The smallest absolute Gasteiger partial charge is 0.148 e. The van der Waals surface area contributed by atoms with Crippen molar-refractivity contribution in [3.8, 4) is 0 Å². The number of hydrogen-bond acceptors (Lipinski definition) is 3. The first kappa shape index (κ1) is 12.9. The van der Waals surface area contributed by atoms with Gasteiger partial charge in [0, 0.05) is 12.8 Å². The van der Waals surface area contributed by atoms with E-state index in [1.54, 1.807) is 0 Å². The number of piperidine rings is 1. The molecule has 0 aromatic heterocycles. The van der Waals surface area contributed by atoms with E-state index < -0.39 is 9.84 Å². The van der Waals surface area contributed by atoms with Crippen LogP contribution in [-0.2, 0) is 14.9 Å². The zero-order valence-electron chi connectivity index (χ0n) is 9.31. The summed E-state index contributed by atoms with van der Waals surface area (Å²) in [5.74, 6) is 0.816. The summed E-state index contributed by atoms with van der Waals surface area (Å²) in [7, 11) is -2.84. The summed E-state index contributed by atoms with van der Waals surface area (Å²) in [4.78, 5) is 2.18. The molecular formula is C10H20NO3S. The van der Waals surface area contributed by atoms with Gasteiger partial charge in [-0.2, -0.15) is 0 Å². The van der Waals surface area contributed by atoms with Gasteiger partial charge in [0.05, 0.1) is 12.4 Å². The van der Waals surface area contributed by atoms with Gasteiger partial charge < -0.3 is 4.90 Å². The highest BCUT2D eigenvalue weighted by Gasteiger charge is 2.19. The first-order valence-electron chi connectivity index (χ1n) is 5.49. The normalized spacial score (nSPS) is 20.7. The molecule has 4 nitrogen and oxygen atoms in total. The molecule has 0 bridgehead atoms. The highest BCUT2D eigenvalue weighted by Crippen LogP contribution is 2.19. The fourth-order valence-electron chi connectivity index (χ4n) is 1.96. The van der Waals surface area contributed by atoms with Crippen LogP contribution in [0.15, 0.2) is 0 Å². The van der Waals surface area contributed by atoms with Crippen molar-refractivity contribution in [3.63, 3.8) is 0 Å². The molecule has 1 radical (unpaired) electrons. The molecular weight excluding hydrogens is 214 g/mol. The number of likely N-dealkylation sites (tertiary alicyclic amines) is 1. The van der Waals surface area contributed by atoms with Gasteiger partial charge in [-0.25, -0.2) is 13.5 Å². The van der Waals surface area contributed by atoms with Crippen molar-refractivity contribution in [3.05, 3.63) is 0 Å². The van der Waals surface area contributed by atoms with E-state index in [0.717, 1.165) is 32.4 Å². The van der Waals surface area contributed by atoms with Gasteiger partial charge in [0.2, 0.25) is 0 Å². The van der Waals surface area contributed by atoms with Gasteiger partial charge in [-0.05, 0) is 38.3 Å². The largest absolute Gasteiger partial charge is 0.302 e. The van der Waals surface area contributed by atoms with E-state index in [1.807, 2.05) is 0 Å². The third-order valence-electron chi connectivity index (χ3n) is 3.01. The lowest BCUT2D eigenvalue weighted by Crippen LogP contribution is -2.36. The monoisotopic (exact) mass is 234 g/mol. The molecule has 89 valence electrons. The Morgan fingerprint density at radius 3 is 2.33 bits per heavy atom. The average Bonchev–Trinajstić information content (AvgIpc) is 2.16. The molecule has 15 heavy (non-hydrogen) atoms. The van der Waals surface area contributed by atoms with Crippen molar-refractivity contribution in [1.29, 1.82) is 0 Å². The maximum Gasteiger partial charge on any atom is 0.148 e. The van der Waals surface area contributed by atoms with Crippen LogP contribution in [-0.4, -0.2) is 51.6 Å². The van der Waals surface area contributed by atoms with Gasteiger partial charge in [0.25, 0.3) is 0 Å². The lowest BCUT2D eigenvalue weighted by Gasteiger charge is -2.31. The van der Waals surface area contributed by atoms with Gasteiger partial charge in [0.1, 0.15) is 9.84 Å². The Balaban J connectivity index is 2.20. The maximum absolute atomic E-state index is 11.0. The average molecular weight is 234 g/mol. The number of nitrogens with zero attached hydrogens (tertiary/aromatic N) is 1. The molecule has 1 aliphatic heterocycles. The molecule has 0 aromatic rings. The van der Waals surface area contributed by atoms with Gasteiger partial charge in [0.15, 0.2) is 0 Å². The fraction of sp³-hybridized carbons (Fsp3) is 1.00. The Labute approximate surface area is 92.2 Å². The first-order chi connectivity index (χ1) is 7.01. The van der Waals surface area contributed by atoms with Crippen LogP contribution in [0.25, 0.3) is 0 Å². The second-order valence-corrected chi connectivity index (χ2v) is 6.67. The van der Waals surface area contributed by atoms with Crippen molar-refractivity contribution in [2.24, 2.45) is 5.92 Å². The summed E-state index contributed by atoms with van der Waals surface area (Å²) < 4.78 is 21.9. The summed E-state index contributed by atoms with van der Waals surface area (Å²) in [6.07, 6.45) is 4.15. The molecule has 1 fully saturated rings. The van der Waals surface area contributed by atoms with Crippen LogP contribution in [0.4, 0.5) is 0 Å². The molecule has 0 aromatic carbocycles. The molecule has 1 rings (SSSR count). The van der Waals surface area contributed by atoms with Crippen LogP contribution in [0.2, 0.25) is 0 Å². The molecule has 0 atom stereocenters. The molecule has 0 saturated carbocycles. The predicted octanol–water partition coefficient (Wildman–Crippen LogP) is 0.564. The summed E-state index contributed by atoms with van der Waals surface area (Å²) >= 11 is 0. The van der Waals surface area contributed by atoms with Crippen LogP contribution >= 0.6 is 0 Å². The third kappa shape index (κ3) is 5.49. The minimum Gasteiger partial charge on any atom is -0.302 e. The number of rotatable bonds is 5. The maximum atomic E-state index is 11.0. The van der Waals surface area contributed by atoms with Gasteiger partial charge in [-0.15, -0.1) is 0 Å². The molecule has 0 unspecified atom stereocenters. The summed E-state index contributed by atoms with van der Waals surface area (Å²) in [5, 5.41) is 10.4. The van der Waals surface area contributed by atoms with E-state index in [1.165, 1.54) is 6.26 Å². The minimum absolute atomic E-state index is 0.0218. The van der Waals surface area contributed by atoms with E-state index >= 15 is 0 Å². The van der Waals surface area contributed by atoms with Gasteiger partial charge in [-0.1, -0.05) is 0 Å². The third-order valence-corrected chi connectivity index (χ3v) is 3.94. The minimum atomic E-state index is -2.84. The first-order valence-corrected chi connectivity index (χ1v) is 7.55. The molecule has 0 amide bonds. The van der Waals surface area contributed by atoms with Gasteiger partial charge in [-0.3, -0.25) is 0 Å². The summed E-state index contributed by atoms with van der Waals surface area (Å²) in [5.41, 5.74) is 0. The van der Waals surface area contributed by atoms with Crippen molar-refractivity contribution in [2.45, 2.75) is 19.3 Å². The SMILES string of the molecule is CS(=O)(=O)CCN1CCC(CC[O])CC1. The van der Waals surface area contributed by atoms with Gasteiger partial charge >= 0.3 is 0 Å². The molecule has 1 aliphatic rings.